The summed E-state index contributed by atoms with van der Waals surface area (Å²) in [5, 5.41) is 13.1. The molecule has 0 saturated heterocycles. The van der Waals surface area contributed by atoms with Gasteiger partial charge in [0.25, 0.3) is 0 Å². The van der Waals surface area contributed by atoms with Gasteiger partial charge in [-0.2, -0.15) is 11.3 Å². The van der Waals surface area contributed by atoms with Crippen LogP contribution < -0.4 is 4.72 Å². The average molecular weight is 331 g/mol. The molecule has 0 aromatic carbocycles. The monoisotopic (exact) mass is 331 g/mol. The van der Waals surface area contributed by atoms with Crippen LogP contribution >= 0.6 is 22.7 Å². The first kappa shape index (κ1) is 15.7. The first-order chi connectivity index (χ1) is 9.42. The van der Waals surface area contributed by atoms with Gasteiger partial charge < -0.3 is 5.11 Å². The third-order valence-electron chi connectivity index (χ3n) is 2.85. The maximum absolute atomic E-state index is 12.3. The molecule has 110 valence electrons. The number of sulfonamides is 1. The minimum absolute atomic E-state index is 0.133. The molecule has 2 aromatic heterocycles. The maximum atomic E-state index is 12.3. The van der Waals surface area contributed by atoms with Gasteiger partial charge in [-0.05, 0) is 48.7 Å². The molecule has 2 rings (SSSR count). The predicted octanol–water partition coefficient (Wildman–Crippen LogP) is 2.52. The van der Waals surface area contributed by atoms with E-state index in [1.165, 1.54) is 11.3 Å². The molecule has 0 amide bonds. The van der Waals surface area contributed by atoms with Gasteiger partial charge in [0, 0.05) is 15.8 Å². The number of rotatable bonds is 6. The van der Waals surface area contributed by atoms with E-state index in [-0.39, 0.29) is 17.5 Å². The van der Waals surface area contributed by atoms with Crippen molar-refractivity contribution in [3.8, 4) is 0 Å². The number of nitrogens with one attached hydrogen (secondary N) is 1. The summed E-state index contributed by atoms with van der Waals surface area (Å²) >= 11 is 2.91. The van der Waals surface area contributed by atoms with Crippen molar-refractivity contribution < 1.29 is 13.5 Å². The fourth-order valence-corrected chi connectivity index (χ4v) is 5.42. The maximum Gasteiger partial charge on any atom is 0.241 e. The Hall–Kier alpha value is -0.730. The van der Waals surface area contributed by atoms with Crippen molar-refractivity contribution in [2.75, 3.05) is 0 Å². The zero-order chi connectivity index (χ0) is 14.8. The quantitative estimate of drug-likeness (QED) is 0.855. The van der Waals surface area contributed by atoms with Crippen LogP contribution in [0.25, 0.3) is 0 Å². The number of aryl methyl sites for hydroxylation is 1. The Morgan fingerprint density at radius 1 is 1.45 bits per heavy atom. The number of thiophene rings is 2. The van der Waals surface area contributed by atoms with Gasteiger partial charge in [0.15, 0.2) is 0 Å². The molecule has 2 N–H and O–H groups in total. The zero-order valence-corrected chi connectivity index (χ0v) is 13.7. The number of aliphatic hydroxyl groups is 1. The number of aliphatic hydroxyl groups excluding tert-OH is 1. The van der Waals surface area contributed by atoms with E-state index in [9.17, 15) is 8.42 Å². The van der Waals surface area contributed by atoms with E-state index in [2.05, 4.69) is 4.72 Å². The lowest BCUT2D eigenvalue weighted by atomic mass is 10.1. The molecule has 0 aliphatic heterocycles. The summed E-state index contributed by atoms with van der Waals surface area (Å²) in [4.78, 5) is 1.63. The van der Waals surface area contributed by atoms with E-state index in [1.807, 2.05) is 23.8 Å². The highest BCUT2D eigenvalue weighted by Crippen LogP contribution is 2.26. The summed E-state index contributed by atoms with van der Waals surface area (Å²) in [7, 11) is -3.53. The summed E-state index contributed by atoms with van der Waals surface area (Å²) in [5.74, 6) is 0. The summed E-state index contributed by atoms with van der Waals surface area (Å²) in [6.07, 6.45) is 0.665. The first-order valence-electron chi connectivity index (χ1n) is 6.16. The highest BCUT2D eigenvalue weighted by atomic mass is 32.2. The topological polar surface area (TPSA) is 66.4 Å². The molecule has 7 heteroatoms. The molecule has 1 unspecified atom stereocenters. The van der Waals surface area contributed by atoms with Gasteiger partial charge in [-0.15, -0.1) is 11.3 Å². The van der Waals surface area contributed by atoms with E-state index in [0.717, 1.165) is 5.56 Å². The minimum Gasteiger partial charge on any atom is -0.391 e. The predicted molar refractivity (Wildman–Crippen MR) is 82.8 cm³/mol. The van der Waals surface area contributed by atoms with Gasteiger partial charge >= 0.3 is 0 Å². The van der Waals surface area contributed by atoms with Crippen LogP contribution in [0.15, 0.2) is 27.8 Å². The van der Waals surface area contributed by atoms with Crippen LogP contribution in [0.2, 0.25) is 0 Å². The highest BCUT2D eigenvalue weighted by Gasteiger charge is 2.22. The van der Waals surface area contributed by atoms with Crippen molar-refractivity contribution in [3.63, 3.8) is 0 Å². The van der Waals surface area contributed by atoms with Gasteiger partial charge in [0.05, 0.1) is 11.5 Å². The molecular weight excluding hydrogens is 314 g/mol. The Balaban J connectivity index is 2.12. The number of hydrogen-bond acceptors (Lipinski definition) is 5. The largest absolute Gasteiger partial charge is 0.391 e. The Morgan fingerprint density at radius 2 is 2.20 bits per heavy atom. The van der Waals surface area contributed by atoms with Gasteiger partial charge in [-0.1, -0.05) is 0 Å². The molecule has 0 spiro atoms. The van der Waals surface area contributed by atoms with Crippen LogP contribution in [0.3, 0.4) is 0 Å². The van der Waals surface area contributed by atoms with Gasteiger partial charge in [-0.25, -0.2) is 13.1 Å². The lowest BCUT2D eigenvalue weighted by Gasteiger charge is -2.13. The molecule has 0 bridgehead atoms. The first-order valence-corrected chi connectivity index (χ1v) is 9.40. The standard InChI is InChI=1S/C13H17NO3S3/c1-9(5-11-3-4-18-8-11)14-20(16,17)13-6-12(7-15)19-10(13)2/h3-4,6,8-9,14-15H,5,7H2,1-2H3. The Labute approximate surface area is 127 Å². The minimum atomic E-state index is -3.53. The molecule has 2 heterocycles. The van der Waals surface area contributed by atoms with Gasteiger partial charge in [0.2, 0.25) is 10.0 Å². The summed E-state index contributed by atoms with van der Waals surface area (Å²) in [5.41, 5.74) is 1.13. The third-order valence-corrected chi connectivity index (χ3v) is 6.46. The van der Waals surface area contributed by atoms with Crippen LogP contribution in [-0.4, -0.2) is 19.6 Å². The molecule has 0 radical (unpaired) electrons. The van der Waals surface area contributed by atoms with Crippen LogP contribution in [0, 0.1) is 6.92 Å². The molecule has 0 aliphatic carbocycles. The second-order valence-electron chi connectivity index (χ2n) is 4.65. The van der Waals surface area contributed by atoms with Crippen LogP contribution in [-0.2, 0) is 23.1 Å². The van der Waals surface area contributed by atoms with Crippen molar-refractivity contribution >= 4 is 32.7 Å². The summed E-state index contributed by atoms with van der Waals surface area (Å²) < 4.78 is 27.4. The van der Waals surface area contributed by atoms with E-state index in [0.29, 0.717) is 16.2 Å². The fraction of sp³-hybridized carbons (Fsp3) is 0.385. The SMILES string of the molecule is Cc1sc(CO)cc1S(=O)(=O)NC(C)Cc1ccsc1. The molecule has 1 atom stereocenters. The van der Waals surface area contributed by atoms with Crippen molar-refractivity contribution in [1.82, 2.24) is 4.72 Å². The van der Waals surface area contributed by atoms with Crippen LogP contribution in [0.5, 0.6) is 0 Å². The summed E-state index contributed by atoms with van der Waals surface area (Å²) in [6, 6.07) is 3.36. The third kappa shape index (κ3) is 3.67. The molecule has 4 nitrogen and oxygen atoms in total. The fourth-order valence-electron chi connectivity index (χ4n) is 2.00. The molecule has 0 fully saturated rings. The van der Waals surface area contributed by atoms with Crippen molar-refractivity contribution in [2.45, 2.75) is 37.8 Å². The normalized spacial score (nSPS) is 13.6. The van der Waals surface area contributed by atoms with Crippen LogP contribution in [0.1, 0.15) is 22.2 Å². The van der Waals surface area contributed by atoms with E-state index >= 15 is 0 Å². The molecular formula is C13H17NO3S3. The molecule has 0 saturated carbocycles. The van der Waals surface area contributed by atoms with Crippen molar-refractivity contribution in [1.29, 1.82) is 0 Å². The van der Waals surface area contributed by atoms with Crippen LogP contribution in [0.4, 0.5) is 0 Å². The Bertz CT molecular complexity index is 659. The molecule has 0 aliphatic rings. The van der Waals surface area contributed by atoms with E-state index in [1.54, 1.807) is 24.3 Å². The average Bonchev–Trinajstić information content (AvgIpc) is 2.97. The number of hydrogen-bond donors (Lipinski definition) is 2. The Morgan fingerprint density at radius 3 is 2.75 bits per heavy atom. The second kappa shape index (κ2) is 6.36. The Kier molecular flexibility index (Phi) is 4.98. The van der Waals surface area contributed by atoms with Crippen molar-refractivity contribution in [2.24, 2.45) is 0 Å². The van der Waals surface area contributed by atoms with E-state index < -0.39 is 10.0 Å². The second-order valence-corrected chi connectivity index (χ2v) is 8.45. The molecule has 2 aromatic rings. The lowest BCUT2D eigenvalue weighted by molar-refractivity contribution is 0.285. The molecule has 20 heavy (non-hydrogen) atoms. The smallest absolute Gasteiger partial charge is 0.241 e. The van der Waals surface area contributed by atoms with Gasteiger partial charge in [-0.3, -0.25) is 0 Å². The lowest BCUT2D eigenvalue weighted by Crippen LogP contribution is -2.34. The summed E-state index contributed by atoms with van der Waals surface area (Å²) in [6.45, 7) is 3.47. The van der Waals surface area contributed by atoms with Gasteiger partial charge in [0.1, 0.15) is 0 Å². The highest BCUT2D eigenvalue weighted by molar-refractivity contribution is 7.89. The van der Waals surface area contributed by atoms with Crippen molar-refractivity contribution in [3.05, 3.63) is 38.2 Å². The van der Waals surface area contributed by atoms with E-state index in [4.69, 9.17) is 5.11 Å². The zero-order valence-electron chi connectivity index (χ0n) is 11.3.